The largest absolute Gasteiger partial charge is 0.481 e. The quantitative estimate of drug-likeness (QED) is 0.712. The van der Waals surface area contributed by atoms with Crippen LogP contribution < -0.4 is 5.32 Å². The van der Waals surface area contributed by atoms with Gasteiger partial charge in [0, 0.05) is 13.1 Å². The number of carbonyl (C=O) groups is 2. The van der Waals surface area contributed by atoms with Crippen molar-refractivity contribution in [2.45, 2.75) is 46.5 Å². The van der Waals surface area contributed by atoms with E-state index in [1.807, 2.05) is 11.8 Å². The maximum absolute atomic E-state index is 11.8. The number of aliphatic carboxylic acids is 1. The summed E-state index contributed by atoms with van der Waals surface area (Å²) in [6.45, 7) is 8.46. The maximum Gasteiger partial charge on any atom is 0.310 e. The summed E-state index contributed by atoms with van der Waals surface area (Å²) in [5.74, 6) is -0.142. The molecule has 0 bridgehead atoms. The molecule has 1 amide bonds. The molecule has 0 radical (unpaired) electrons. The van der Waals surface area contributed by atoms with E-state index < -0.39 is 11.4 Å². The molecule has 0 aromatic carbocycles. The minimum absolute atomic E-state index is 0.00309. The molecule has 116 valence electrons. The van der Waals surface area contributed by atoms with Gasteiger partial charge in [0.1, 0.15) is 0 Å². The summed E-state index contributed by atoms with van der Waals surface area (Å²) >= 11 is 0. The summed E-state index contributed by atoms with van der Waals surface area (Å²) in [4.78, 5) is 25.3. The standard InChI is InChI=1S/C15H28N2O3/c1-4-6-15(14(19)20)7-9-17(11-15)10-13(18)16-8-5-12(2)3/h12H,4-11H2,1-3H3,(H,16,18)(H,19,20). The predicted molar refractivity (Wildman–Crippen MR) is 78.5 cm³/mol. The lowest BCUT2D eigenvalue weighted by atomic mass is 9.83. The number of carbonyl (C=O) groups excluding carboxylic acids is 1. The highest BCUT2D eigenvalue weighted by Crippen LogP contribution is 2.35. The Morgan fingerprint density at radius 1 is 1.40 bits per heavy atom. The number of amides is 1. The van der Waals surface area contributed by atoms with E-state index in [4.69, 9.17) is 0 Å². The lowest BCUT2D eigenvalue weighted by molar-refractivity contribution is -0.148. The molecule has 5 nitrogen and oxygen atoms in total. The highest BCUT2D eigenvalue weighted by atomic mass is 16.4. The Kier molecular flexibility index (Phi) is 6.46. The second-order valence-corrected chi connectivity index (χ2v) is 6.33. The zero-order valence-corrected chi connectivity index (χ0v) is 12.9. The van der Waals surface area contributed by atoms with Crippen molar-refractivity contribution in [2.24, 2.45) is 11.3 Å². The number of nitrogens with zero attached hydrogens (tertiary/aromatic N) is 1. The van der Waals surface area contributed by atoms with Crippen LogP contribution in [0.4, 0.5) is 0 Å². The van der Waals surface area contributed by atoms with Crippen LogP contribution in [0.25, 0.3) is 0 Å². The van der Waals surface area contributed by atoms with Crippen LogP contribution in [0.1, 0.15) is 46.5 Å². The molecule has 1 fully saturated rings. The van der Waals surface area contributed by atoms with Crippen LogP contribution in [0, 0.1) is 11.3 Å². The molecular formula is C15H28N2O3. The van der Waals surface area contributed by atoms with Gasteiger partial charge in [-0.3, -0.25) is 14.5 Å². The Morgan fingerprint density at radius 3 is 2.65 bits per heavy atom. The van der Waals surface area contributed by atoms with Crippen LogP contribution in [-0.4, -0.2) is 48.1 Å². The fourth-order valence-electron chi connectivity index (χ4n) is 2.82. The number of rotatable bonds is 8. The number of nitrogens with one attached hydrogen (secondary N) is 1. The van der Waals surface area contributed by atoms with Crippen LogP contribution in [-0.2, 0) is 9.59 Å². The Labute approximate surface area is 121 Å². The van der Waals surface area contributed by atoms with E-state index in [0.717, 1.165) is 12.8 Å². The summed E-state index contributed by atoms with van der Waals surface area (Å²) in [6, 6.07) is 0. The van der Waals surface area contributed by atoms with Gasteiger partial charge in [0.05, 0.1) is 12.0 Å². The van der Waals surface area contributed by atoms with Crippen molar-refractivity contribution >= 4 is 11.9 Å². The van der Waals surface area contributed by atoms with Crippen LogP contribution in [0.15, 0.2) is 0 Å². The summed E-state index contributed by atoms with van der Waals surface area (Å²) in [5.41, 5.74) is -0.646. The highest BCUT2D eigenvalue weighted by Gasteiger charge is 2.44. The number of hydrogen-bond donors (Lipinski definition) is 2. The van der Waals surface area contributed by atoms with Crippen LogP contribution in [0.3, 0.4) is 0 Å². The first-order valence-corrected chi connectivity index (χ1v) is 7.62. The average molecular weight is 284 g/mol. The fraction of sp³-hybridized carbons (Fsp3) is 0.867. The van der Waals surface area contributed by atoms with Gasteiger partial charge in [-0.25, -0.2) is 0 Å². The molecule has 5 heteroatoms. The Balaban J connectivity index is 2.39. The van der Waals surface area contributed by atoms with Gasteiger partial charge in [-0.05, 0) is 31.7 Å². The topological polar surface area (TPSA) is 69.6 Å². The minimum Gasteiger partial charge on any atom is -0.481 e. The van der Waals surface area contributed by atoms with Crippen molar-refractivity contribution in [1.29, 1.82) is 0 Å². The van der Waals surface area contributed by atoms with Gasteiger partial charge < -0.3 is 10.4 Å². The van der Waals surface area contributed by atoms with E-state index in [0.29, 0.717) is 44.9 Å². The molecule has 1 saturated heterocycles. The molecule has 1 aliphatic heterocycles. The molecule has 0 aliphatic carbocycles. The van der Waals surface area contributed by atoms with Gasteiger partial charge in [0.2, 0.25) is 5.91 Å². The number of carboxylic acid groups (broad SMARTS) is 1. The first kappa shape index (κ1) is 17.0. The normalized spacial score (nSPS) is 23.2. The monoisotopic (exact) mass is 284 g/mol. The summed E-state index contributed by atoms with van der Waals surface area (Å²) in [7, 11) is 0. The van der Waals surface area contributed by atoms with Crippen molar-refractivity contribution in [2.75, 3.05) is 26.2 Å². The van der Waals surface area contributed by atoms with Crippen molar-refractivity contribution in [3.63, 3.8) is 0 Å². The third-order valence-corrected chi connectivity index (χ3v) is 4.03. The van der Waals surface area contributed by atoms with E-state index >= 15 is 0 Å². The Bertz CT molecular complexity index is 344. The van der Waals surface area contributed by atoms with E-state index in [9.17, 15) is 14.7 Å². The molecule has 0 spiro atoms. The van der Waals surface area contributed by atoms with Crippen molar-refractivity contribution < 1.29 is 14.7 Å². The second kappa shape index (κ2) is 7.62. The van der Waals surface area contributed by atoms with E-state index in [1.165, 1.54) is 0 Å². The summed E-state index contributed by atoms with van der Waals surface area (Å²) in [6.07, 6.45) is 3.17. The Morgan fingerprint density at radius 2 is 2.10 bits per heavy atom. The van der Waals surface area contributed by atoms with Gasteiger partial charge in [-0.15, -0.1) is 0 Å². The van der Waals surface area contributed by atoms with Crippen LogP contribution in [0.2, 0.25) is 0 Å². The third kappa shape index (κ3) is 4.78. The molecule has 1 aliphatic rings. The van der Waals surface area contributed by atoms with Crippen molar-refractivity contribution in [3.05, 3.63) is 0 Å². The van der Waals surface area contributed by atoms with Crippen LogP contribution in [0.5, 0.6) is 0 Å². The smallest absolute Gasteiger partial charge is 0.310 e. The first-order valence-electron chi connectivity index (χ1n) is 7.62. The van der Waals surface area contributed by atoms with Crippen molar-refractivity contribution in [1.82, 2.24) is 10.2 Å². The molecule has 1 rings (SSSR count). The average Bonchev–Trinajstić information content (AvgIpc) is 2.73. The zero-order chi connectivity index (χ0) is 15.2. The predicted octanol–water partition coefficient (Wildman–Crippen LogP) is 1.73. The van der Waals surface area contributed by atoms with Crippen molar-refractivity contribution in [3.8, 4) is 0 Å². The van der Waals surface area contributed by atoms with Gasteiger partial charge in [-0.1, -0.05) is 27.2 Å². The first-order chi connectivity index (χ1) is 9.39. The molecule has 1 heterocycles. The molecular weight excluding hydrogens is 256 g/mol. The number of carboxylic acids is 1. The molecule has 2 N–H and O–H groups in total. The fourth-order valence-corrected chi connectivity index (χ4v) is 2.82. The lowest BCUT2D eigenvalue weighted by Gasteiger charge is -2.24. The SMILES string of the molecule is CCCC1(C(=O)O)CCN(CC(=O)NCCC(C)C)C1. The minimum atomic E-state index is -0.720. The second-order valence-electron chi connectivity index (χ2n) is 6.33. The molecule has 20 heavy (non-hydrogen) atoms. The third-order valence-electron chi connectivity index (χ3n) is 4.03. The molecule has 0 aromatic rings. The van der Waals surface area contributed by atoms with E-state index in [1.54, 1.807) is 0 Å². The molecule has 0 aromatic heterocycles. The maximum atomic E-state index is 11.8. The van der Waals surface area contributed by atoms with Gasteiger partial charge in [-0.2, -0.15) is 0 Å². The molecule has 1 unspecified atom stereocenters. The zero-order valence-electron chi connectivity index (χ0n) is 12.9. The van der Waals surface area contributed by atoms with Gasteiger partial charge >= 0.3 is 5.97 Å². The van der Waals surface area contributed by atoms with Crippen LogP contribution >= 0.6 is 0 Å². The Hall–Kier alpha value is -1.10. The number of likely N-dealkylation sites (tertiary alicyclic amines) is 1. The molecule has 0 saturated carbocycles. The lowest BCUT2D eigenvalue weighted by Crippen LogP contribution is -2.39. The van der Waals surface area contributed by atoms with E-state index in [2.05, 4.69) is 19.2 Å². The number of hydrogen-bond acceptors (Lipinski definition) is 3. The highest BCUT2D eigenvalue weighted by molar-refractivity contribution is 5.79. The van der Waals surface area contributed by atoms with E-state index in [-0.39, 0.29) is 5.91 Å². The van der Waals surface area contributed by atoms with Gasteiger partial charge in [0.15, 0.2) is 0 Å². The summed E-state index contributed by atoms with van der Waals surface area (Å²) < 4.78 is 0. The van der Waals surface area contributed by atoms with Gasteiger partial charge in [0.25, 0.3) is 0 Å². The summed E-state index contributed by atoms with van der Waals surface area (Å²) in [5, 5.41) is 12.3. The molecule has 1 atom stereocenters.